The summed E-state index contributed by atoms with van der Waals surface area (Å²) in [6, 6.07) is 16.3. The molecule has 1 heterocycles. The highest BCUT2D eigenvalue weighted by Gasteiger charge is 2.20. The van der Waals surface area contributed by atoms with E-state index in [1.807, 2.05) is 0 Å². The summed E-state index contributed by atoms with van der Waals surface area (Å²) in [5.41, 5.74) is 0.938. The van der Waals surface area contributed by atoms with E-state index in [1.165, 1.54) is 20.3 Å². The number of fused-ring (bicyclic) bond motifs is 1. The van der Waals surface area contributed by atoms with Gasteiger partial charge in [0, 0.05) is 5.56 Å². The molecule has 0 bridgehead atoms. The van der Waals surface area contributed by atoms with Gasteiger partial charge in [0.05, 0.1) is 35.2 Å². The molecule has 0 atom stereocenters. The number of nitrogens with one attached hydrogen (secondary N) is 1. The van der Waals surface area contributed by atoms with E-state index in [0.29, 0.717) is 38.6 Å². The van der Waals surface area contributed by atoms with Crippen molar-refractivity contribution in [2.24, 2.45) is 0 Å². The van der Waals surface area contributed by atoms with E-state index in [-0.39, 0.29) is 21.9 Å². The number of hydrogen-bond acceptors (Lipinski definition) is 5. The standard InChI is InChI=1S/C24H17Cl2NO5/c1-30-19-10-8-14(12-20(19)31-2)23(29)27-24-21(13-7-9-16(25)17(26)11-13)22(28)15-5-3-4-6-18(15)32-24/h3-12H,1-2H3,(H,27,29). The summed E-state index contributed by atoms with van der Waals surface area (Å²) in [4.78, 5) is 26.3. The van der Waals surface area contributed by atoms with Crippen LogP contribution in [0.25, 0.3) is 22.1 Å². The number of methoxy groups -OCH3 is 2. The molecule has 0 radical (unpaired) electrons. The van der Waals surface area contributed by atoms with Gasteiger partial charge in [0.2, 0.25) is 11.3 Å². The molecule has 3 aromatic carbocycles. The van der Waals surface area contributed by atoms with Gasteiger partial charge in [-0.3, -0.25) is 14.9 Å². The first-order valence-electron chi connectivity index (χ1n) is 9.47. The lowest BCUT2D eigenvalue weighted by molar-refractivity contribution is 0.102. The maximum atomic E-state index is 13.3. The third-order valence-electron chi connectivity index (χ3n) is 4.88. The summed E-state index contributed by atoms with van der Waals surface area (Å²) < 4.78 is 16.4. The fourth-order valence-corrected chi connectivity index (χ4v) is 3.59. The molecule has 0 aliphatic rings. The van der Waals surface area contributed by atoms with Crippen LogP contribution >= 0.6 is 23.2 Å². The van der Waals surface area contributed by atoms with E-state index >= 15 is 0 Å². The monoisotopic (exact) mass is 469 g/mol. The zero-order chi connectivity index (χ0) is 22.8. The Bertz CT molecular complexity index is 1400. The van der Waals surface area contributed by atoms with Crippen LogP contribution < -0.4 is 20.2 Å². The lowest BCUT2D eigenvalue weighted by atomic mass is 10.0. The number of benzene rings is 3. The third kappa shape index (κ3) is 4.02. The molecule has 0 saturated carbocycles. The van der Waals surface area contributed by atoms with Crippen molar-refractivity contribution in [1.82, 2.24) is 0 Å². The number of para-hydroxylation sites is 1. The minimum Gasteiger partial charge on any atom is -0.493 e. The van der Waals surface area contributed by atoms with Gasteiger partial charge in [0.1, 0.15) is 5.58 Å². The molecular formula is C24H17Cl2NO5. The van der Waals surface area contributed by atoms with Gasteiger partial charge in [-0.2, -0.15) is 0 Å². The van der Waals surface area contributed by atoms with Crippen LogP contribution in [0.4, 0.5) is 5.88 Å². The molecule has 1 amide bonds. The summed E-state index contributed by atoms with van der Waals surface area (Å²) in [5, 5.41) is 3.69. The van der Waals surface area contributed by atoms with Crippen LogP contribution in [0.3, 0.4) is 0 Å². The number of halogens is 2. The van der Waals surface area contributed by atoms with Gasteiger partial charge in [-0.05, 0) is 48.0 Å². The summed E-state index contributed by atoms with van der Waals surface area (Å²) in [5.74, 6) is 0.375. The average Bonchev–Trinajstić information content (AvgIpc) is 2.80. The van der Waals surface area contributed by atoms with Crippen molar-refractivity contribution in [3.63, 3.8) is 0 Å². The molecule has 0 fully saturated rings. The number of ether oxygens (including phenoxy) is 2. The fourth-order valence-electron chi connectivity index (χ4n) is 3.30. The quantitative estimate of drug-likeness (QED) is 0.385. The zero-order valence-corrected chi connectivity index (χ0v) is 18.6. The van der Waals surface area contributed by atoms with Crippen LogP contribution in [0.2, 0.25) is 10.0 Å². The van der Waals surface area contributed by atoms with Crippen molar-refractivity contribution in [2.45, 2.75) is 0 Å². The number of anilines is 1. The molecule has 8 heteroatoms. The maximum Gasteiger partial charge on any atom is 0.258 e. The van der Waals surface area contributed by atoms with E-state index in [1.54, 1.807) is 54.6 Å². The molecule has 0 aliphatic carbocycles. The average molecular weight is 470 g/mol. The minimum absolute atomic E-state index is 0.00752. The van der Waals surface area contributed by atoms with Gasteiger partial charge in [-0.1, -0.05) is 41.4 Å². The Kier molecular flexibility index (Phi) is 6.08. The highest BCUT2D eigenvalue weighted by molar-refractivity contribution is 6.42. The maximum absolute atomic E-state index is 13.3. The fraction of sp³-hybridized carbons (Fsp3) is 0.0833. The van der Waals surface area contributed by atoms with E-state index < -0.39 is 5.91 Å². The third-order valence-corrected chi connectivity index (χ3v) is 5.62. The predicted octanol–water partition coefficient (Wildman–Crippen LogP) is 6.04. The van der Waals surface area contributed by atoms with Crippen LogP contribution in [0, 0.1) is 0 Å². The molecule has 1 aromatic heterocycles. The highest BCUT2D eigenvalue weighted by Crippen LogP contribution is 2.33. The Morgan fingerprint density at radius 1 is 0.906 bits per heavy atom. The van der Waals surface area contributed by atoms with E-state index in [9.17, 15) is 9.59 Å². The molecule has 4 aromatic rings. The normalized spacial score (nSPS) is 10.8. The summed E-state index contributed by atoms with van der Waals surface area (Å²) in [6.07, 6.45) is 0. The Balaban J connectivity index is 1.85. The molecule has 6 nitrogen and oxygen atoms in total. The van der Waals surface area contributed by atoms with Gasteiger partial charge in [0.25, 0.3) is 5.91 Å². The van der Waals surface area contributed by atoms with Gasteiger partial charge in [0.15, 0.2) is 11.5 Å². The second kappa shape index (κ2) is 8.94. The smallest absolute Gasteiger partial charge is 0.258 e. The van der Waals surface area contributed by atoms with E-state index in [0.717, 1.165) is 0 Å². The van der Waals surface area contributed by atoms with Crippen LogP contribution in [0.5, 0.6) is 11.5 Å². The number of rotatable bonds is 5. The Morgan fingerprint density at radius 2 is 1.66 bits per heavy atom. The second-order valence-electron chi connectivity index (χ2n) is 6.78. The molecule has 1 N–H and O–H groups in total. The Hall–Kier alpha value is -3.48. The van der Waals surface area contributed by atoms with Crippen molar-refractivity contribution in [3.05, 3.63) is 86.5 Å². The van der Waals surface area contributed by atoms with Crippen molar-refractivity contribution in [2.75, 3.05) is 19.5 Å². The Labute approximate surface area is 193 Å². The molecule has 4 rings (SSSR count). The Morgan fingerprint density at radius 3 is 2.38 bits per heavy atom. The number of carbonyl (C=O) groups excluding carboxylic acids is 1. The van der Waals surface area contributed by atoms with E-state index in [4.69, 9.17) is 37.1 Å². The SMILES string of the molecule is COc1ccc(C(=O)Nc2oc3ccccc3c(=O)c2-c2ccc(Cl)c(Cl)c2)cc1OC. The number of carbonyl (C=O) groups is 1. The van der Waals surface area contributed by atoms with Crippen molar-refractivity contribution < 1.29 is 18.7 Å². The summed E-state index contributed by atoms with van der Waals surface area (Å²) in [6.45, 7) is 0. The van der Waals surface area contributed by atoms with E-state index in [2.05, 4.69) is 5.32 Å². The van der Waals surface area contributed by atoms with Gasteiger partial charge in [-0.15, -0.1) is 0 Å². The molecule has 32 heavy (non-hydrogen) atoms. The molecule has 0 spiro atoms. The summed E-state index contributed by atoms with van der Waals surface area (Å²) in [7, 11) is 2.98. The van der Waals surface area contributed by atoms with Gasteiger partial charge < -0.3 is 13.9 Å². The first-order chi connectivity index (χ1) is 15.4. The van der Waals surface area contributed by atoms with Crippen LogP contribution in [-0.4, -0.2) is 20.1 Å². The van der Waals surface area contributed by atoms with Crippen molar-refractivity contribution in [3.8, 4) is 22.6 Å². The predicted molar refractivity (Wildman–Crippen MR) is 125 cm³/mol. The van der Waals surface area contributed by atoms with Crippen LogP contribution in [0.15, 0.2) is 69.9 Å². The van der Waals surface area contributed by atoms with Gasteiger partial charge >= 0.3 is 0 Å². The molecule has 162 valence electrons. The lowest BCUT2D eigenvalue weighted by Crippen LogP contribution is -2.16. The molecular weight excluding hydrogens is 453 g/mol. The minimum atomic E-state index is -0.495. The largest absolute Gasteiger partial charge is 0.493 e. The molecule has 0 aliphatic heterocycles. The number of amides is 1. The number of hydrogen-bond donors (Lipinski definition) is 1. The second-order valence-corrected chi connectivity index (χ2v) is 7.60. The zero-order valence-electron chi connectivity index (χ0n) is 17.1. The highest BCUT2D eigenvalue weighted by atomic mass is 35.5. The molecule has 0 saturated heterocycles. The van der Waals surface area contributed by atoms with Crippen LogP contribution in [0.1, 0.15) is 10.4 Å². The van der Waals surface area contributed by atoms with Gasteiger partial charge in [-0.25, -0.2) is 0 Å². The van der Waals surface area contributed by atoms with Crippen LogP contribution in [-0.2, 0) is 0 Å². The summed E-state index contributed by atoms with van der Waals surface area (Å²) >= 11 is 12.2. The van der Waals surface area contributed by atoms with Crippen molar-refractivity contribution in [1.29, 1.82) is 0 Å². The lowest BCUT2D eigenvalue weighted by Gasteiger charge is -2.13. The molecule has 0 unspecified atom stereocenters. The topological polar surface area (TPSA) is 77.8 Å². The first-order valence-corrected chi connectivity index (χ1v) is 10.2. The van der Waals surface area contributed by atoms with Crippen molar-refractivity contribution >= 4 is 46.0 Å². The first kappa shape index (κ1) is 21.7.